The summed E-state index contributed by atoms with van der Waals surface area (Å²) in [7, 11) is 3.85. The Balaban J connectivity index is 1.60. The number of benzene rings is 2. The second-order valence-electron chi connectivity index (χ2n) is 8.05. The largest absolute Gasteiger partial charge is 0.496 e. The Kier molecular flexibility index (Phi) is 5.41. The molecule has 29 heavy (non-hydrogen) atoms. The van der Waals surface area contributed by atoms with E-state index in [1.807, 2.05) is 0 Å². The number of carbonyl (C=O) groups is 1. The van der Waals surface area contributed by atoms with Gasteiger partial charge in [-0.2, -0.15) is 0 Å². The van der Waals surface area contributed by atoms with Crippen LogP contribution in [-0.4, -0.2) is 37.6 Å². The molecule has 0 aromatic heterocycles. The summed E-state index contributed by atoms with van der Waals surface area (Å²) in [4.78, 5) is 14.9. The van der Waals surface area contributed by atoms with Crippen LogP contribution in [0, 0.1) is 6.92 Å². The highest BCUT2D eigenvalue weighted by atomic mass is 35.5. The molecule has 2 atom stereocenters. The highest BCUT2D eigenvalue weighted by molar-refractivity contribution is 6.30. The van der Waals surface area contributed by atoms with Gasteiger partial charge < -0.3 is 9.47 Å². The Morgan fingerprint density at radius 1 is 1.17 bits per heavy atom. The maximum absolute atomic E-state index is 12.5. The number of carbonyl (C=O) groups excluding carboxylic acids is 1. The summed E-state index contributed by atoms with van der Waals surface area (Å²) in [6.45, 7) is 3.11. The van der Waals surface area contributed by atoms with Crippen LogP contribution >= 0.6 is 11.6 Å². The number of nitrogens with zero attached hydrogens (tertiary/aromatic N) is 1. The van der Waals surface area contributed by atoms with Gasteiger partial charge in [0.05, 0.1) is 12.7 Å². The monoisotopic (exact) mass is 411 g/mol. The second kappa shape index (κ2) is 7.85. The van der Waals surface area contributed by atoms with Crippen molar-refractivity contribution in [2.24, 2.45) is 0 Å². The number of halogens is 1. The van der Waals surface area contributed by atoms with Crippen LogP contribution < -0.4 is 4.74 Å². The van der Waals surface area contributed by atoms with E-state index in [2.05, 4.69) is 43.1 Å². The van der Waals surface area contributed by atoms with Crippen LogP contribution in [0.2, 0.25) is 5.02 Å². The molecule has 0 N–H and O–H groups in total. The summed E-state index contributed by atoms with van der Waals surface area (Å²) in [6, 6.07) is 13.5. The lowest BCUT2D eigenvalue weighted by atomic mass is 9.68. The van der Waals surface area contributed by atoms with Crippen molar-refractivity contribution >= 4 is 17.6 Å². The second-order valence-corrected chi connectivity index (χ2v) is 8.48. The van der Waals surface area contributed by atoms with E-state index in [-0.39, 0.29) is 17.4 Å². The van der Waals surface area contributed by atoms with Gasteiger partial charge in [-0.3, -0.25) is 4.90 Å². The molecule has 4 rings (SSSR count). The summed E-state index contributed by atoms with van der Waals surface area (Å²) in [5.41, 5.74) is 3.04. The van der Waals surface area contributed by atoms with Crippen molar-refractivity contribution in [3.8, 4) is 5.75 Å². The van der Waals surface area contributed by atoms with Crippen LogP contribution in [0.1, 0.15) is 40.7 Å². The fourth-order valence-electron chi connectivity index (χ4n) is 4.75. The molecule has 0 amide bonds. The number of hydrogen-bond acceptors (Lipinski definition) is 4. The molecule has 1 aliphatic heterocycles. The van der Waals surface area contributed by atoms with Gasteiger partial charge in [-0.1, -0.05) is 23.7 Å². The minimum absolute atomic E-state index is 0.0436. The number of methoxy groups -OCH3 is 1. The third-order valence-electron chi connectivity index (χ3n) is 6.39. The normalized spacial score (nSPS) is 24.0. The molecule has 1 saturated heterocycles. The SMILES string of the molecule is COc1ccc([C@@]23CCC(OC(=O)c4ccc(Cl)cc4)=C[C@@H]2N(C)CC3)cc1C. The molecule has 152 valence electrons. The molecule has 0 saturated carbocycles. The van der Waals surface area contributed by atoms with Crippen molar-refractivity contribution in [1.82, 2.24) is 4.90 Å². The van der Waals surface area contributed by atoms with Gasteiger partial charge in [-0.05, 0) is 80.9 Å². The predicted molar refractivity (Wildman–Crippen MR) is 115 cm³/mol. The molecular weight excluding hydrogens is 386 g/mol. The molecule has 1 aliphatic carbocycles. The molecule has 0 unspecified atom stereocenters. The molecule has 4 nitrogen and oxygen atoms in total. The number of likely N-dealkylation sites (N-methyl/N-ethyl adjacent to an activating group) is 1. The van der Waals surface area contributed by atoms with Gasteiger partial charge in [0.25, 0.3) is 0 Å². The van der Waals surface area contributed by atoms with Crippen molar-refractivity contribution in [3.05, 3.63) is 76.0 Å². The molecule has 2 aromatic carbocycles. The van der Waals surface area contributed by atoms with Gasteiger partial charge in [0.1, 0.15) is 11.5 Å². The number of ether oxygens (including phenoxy) is 2. The average molecular weight is 412 g/mol. The van der Waals surface area contributed by atoms with Gasteiger partial charge in [0.15, 0.2) is 0 Å². The van der Waals surface area contributed by atoms with Gasteiger partial charge in [-0.15, -0.1) is 0 Å². The summed E-state index contributed by atoms with van der Waals surface area (Å²) >= 11 is 5.91. The fraction of sp³-hybridized carbons (Fsp3) is 0.375. The van der Waals surface area contributed by atoms with Crippen LogP contribution in [-0.2, 0) is 10.2 Å². The van der Waals surface area contributed by atoms with Crippen molar-refractivity contribution in [2.45, 2.75) is 37.6 Å². The number of esters is 1. The van der Waals surface area contributed by atoms with E-state index in [1.165, 1.54) is 5.56 Å². The molecular formula is C24H26ClNO3. The topological polar surface area (TPSA) is 38.8 Å². The Morgan fingerprint density at radius 2 is 1.93 bits per heavy atom. The molecule has 0 bridgehead atoms. The summed E-state index contributed by atoms with van der Waals surface area (Å²) in [5, 5.41) is 0.602. The van der Waals surface area contributed by atoms with Crippen molar-refractivity contribution < 1.29 is 14.3 Å². The number of allylic oxidation sites excluding steroid dienone is 1. The molecule has 2 aromatic rings. The summed E-state index contributed by atoms with van der Waals surface area (Å²) < 4.78 is 11.2. The van der Waals surface area contributed by atoms with Gasteiger partial charge >= 0.3 is 5.97 Å². The minimum Gasteiger partial charge on any atom is -0.496 e. The van der Waals surface area contributed by atoms with Crippen LogP contribution in [0.4, 0.5) is 0 Å². The van der Waals surface area contributed by atoms with E-state index < -0.39 is 0 Å². The highest BCUT2D eigenvalue weighted by Crippen LogP contribution is 2.48. The van der Waals surface area contributed by atoms with Gasteiger partial charge in [0.2, 0.25) is 0 Å². The lowest BCUT2D eigenvalue weighted by Crippen LogP contribution is -2.42. The van der Waals surface area contributed by atoms with E-state index in [1.54, 1.807) is 31.4 Å². The zero-order chi connectivity index (χ0) is 20.6. The fourth-order valence-corrected chi connectivity index (χ4v) is 4.87. The number of aryl methyl sites for hydroxylation is 1. The number of fused-ring (bicyclic) bond motifs is 1. The van der Waals surface area contributed by atoms with Crippen LogP contribution in [0.5, 0.6) is 5.75 Å². The van der Waals surface area contributed by atoms with E-state index >= 15 is 0 Å². The van der Waals surface area contributed by atoms with E-state index in [0.717, 1.165) is 42.9 Å². The Hall–Kier alpha value is -2.30. The lowest BCUT2D eigenvalue weighted by molar-refractivity contribution is 0.0593. The zero-order valence-corrected chi connectivity index (χ0v) is 17.8. The molecule has 1 heterocycles. The van der Waals surface area contributed by atoms with Crippen LogP contribution in [0.3, 0.4) is 0 Å². The Morgan fingerprint density at radius 3 is 2.62 bits per heavy atom. The highest BCUT2D eigenvalue weighted by Gasteiger charge is 2.48. The standard InChI is InChI=1S/C24H26ClNO3/c1-16-14-18(6-9-21(16)28-3)24-11-10-20(15-22(24)26(2)13-12-24)29-23(27)17-4-7-19(25)8-5-17/h4-9,14-15,22H,10-13H2,1-3H3/t22-,24-/m0/s1. The number of likely N-dealkylation sites (tertiary alicyclic amines) is 1. The first-order valence-corrected chi connectivity index (χ1v) is 10.3. The quantitative estimate of drug-likeness (QED) is 0.653. The number of hydrogen-bond donors (Lipinski definition) is 0. The van der Waals surface area contributed by atoms with Crippen molar-refractivity contribution in [1.29, 1.82) is 0 Å². The maximum atomic E-state index is 12.5. The predicted octanol–water partition coefficient (Wildman–Crippen LogP) is 5.13. The molecule has 1 fully saturated rings. The Bertz CT molecular complexity index is 953. The van der Waals surface area contributed by atoms with E-state index in [9.17, 15) is 4.79 Å². The first-order chi connectivity index (χ1) is 13.9. The Labute approximate surface area is 177 Å². The van der Waals surface area contributed by atoms with Gasteiger partial charge in [-0.25, -0.2) is 4.79 Å². The smallest absolute Gasteiger partial charge is 0.343 e. The third-order valence-corrected chi connectivity index (χ3v) is 6.64. The van der Waals surface area contributed by atoms with Crippen molar-refractivity contribution in [2.75, 3.05) is 20.7 Å². The molecule has 0 spiro atoms. The molecule has 5 heteroatoms. The minimum atomic E-state index is -0.332. The van der Waals surface area contributed by atoms with Crippen LogP contribution in [0.15, 0.2) is 54.3 Å². The third kappa shape index (κ3) is 3.67. The summed E-state index contributed by atoms with van der Waals surface area (Å²) in [5.74, 6) is 1.34. The molecule has 2 aliphatic rings. The van der Waals surface area contributed by atoms with E-state index in [4.69, 9.17) is 21.1 Å². The van der Waals surface area contributed by atoms with E-state index in [0.29, 0.717) is 10.6 Å². The van der Waals surface area contributed by atoms with Crippen LogP contribution in [0.25, 0.3) is 0 Å². The van der Waals surface area contributed by atoms with Gasteiger partial charge in [0, 0.05) is 22.9 Å². The first-order valence-electron chi connectivity index (χ1n) is 9.97. The first kappa shape index (κ1) is 20.0. The average Bonchev–Trinajstić information content (AvgIpc) is 3.06. The van der Waals surface area contributed by atoms with Crippen molar-refractivity contribution in [3.63, 3.8) is 0 Å². The maximum Gasteiger partial charge on any atom is 0.343 e. The summed E-state index contributed by atoms with van der Waals surface area (Å²) in [6.07, 6.45) is 4.93. The lowest BCUT2D eigenvalue weighted by Gasteiger charge is -2.40. The zero-order valence-electron chi connectivity index (χ0n) is 17.1. The number of rotatable bonds is 4. The molecule has 0 radical (unpaired) electrons.